The van der Waals surface area contributed by atoms with E-state index in [-0.39, 0.29) is 0 Å². The highest BCUT2D eigenvalue weighted by molar-refractivity contribution is 6.30. The van der Waals surface area contributed by atoms with E-state index in [1.807, 2.05) is 31.2 Å². The molecule has 0 fully saturated rings. The van der Waals surface area contributed by atoms with Crippen molar-refractivity contribution >= 4 is 11.6 Å². The Morgan fingerprint density at radius 1 is 1.00 bits per heavy atom. The van der Waals surface area contributed by atoms with Crippen molar-refractivity contribution in [3.63, 3.8) is 0 Å². The van der Waals surface area contributed by atoms with Crippen LogP contribution in [0, 0.1) is 0 Å². The minimum Gasteiger partial charge on any atom is -0.390 e. The van der Waals surface area contributed by atoms with Gasteiger partial charge >= 0.3 is 0 Å². The number of halogens is 1. The highest BCUT2D eigenvalue weighted by Gasteiger charge is 2.20. The maximum Gasteiger partial charge on any atom is 0.0660 e. The molecule has 108 valence electrons. The Labute approximate surface area is 123 Å². The predicted octanol–water partition coefficient (Wildman–Crippen LogP) is 5.38. The van der Waals surface area contributed by atoms with Gasteiger partial charge in [-0.2, -0.15) is 0 Å². The standard InChI is InChI=1S/C17H27ClO/c1-3-4-5-6-7-8-13-17(2,19)14-15-9-11-16(18)12-10-15/h9-12,19H,3-8,13-14H2,1-2H3. The molecule has 2 heteroatoms. The fourth-order valence-corrected chi connectivity index (χ4v) is 2.54. The van der Waals surface area contributed by atoms with E-state index in [4.69, 9.17) is 11.6 Å². The number of rotatable bonds is 9. The van der Waals surface area contributed by atoms with Gasteiger partial charge < -0.3 is 5.11 Å². The summed E-state index contributed by atoms with van der Waals surface area (Å²) in [7, 11) is 0. The van der Waals surface area contributed by atoms with E-state index in [1.54, 1.807) is 0 Å². The molecule has 0 saturated carbocycles. The lowest BCUT2D eigenvalue weighted by Crippen LogP contribution is -2.26. The minimum atomic E-state index is -0.599. The topological polar surface area (TPSA) is 20.2 Å². The molecule has 1 nitrogen and oxygen atoms in total. The molecule has 0 amide bonds. The molecule has 0 saturated heterocycles. The van der Waals surface area contributed by atoms with Gasteiger partial charge in [0, 0.05) is 11.4 Å². The number of hydrogen-bond donors (Lipinski definition) is 1. The normalized spacial score (nSPS) is 14.3. The highest BCUT2D eigenvalue weighted by atomic mass is 35.5. The molecule has 0 heterocycles. The summed E-state index contributed by atoms with van der Waals surface area (Å²) in [6.45, 7) is 4.17. The summed E-state index contributed by atoms with van der Waals surface area (Å²) in [6.07, 6.45) is 9.18. The fourth-order valence-electron chi connectivity index (χ4n) is 2.42. The third-order valence-electron chi connectivity index (χ3n) is 3.57. The van der Waals surface area contributed by atoms with Crippen molar-refractivity contribution in [2.75, 3.05) is 0 Å². The van der Waals surface area contributed by atoms with Crippen LogP contribution >= 0.6 is 11.6 Å². The molecule has 1 aromatic rings. The third-order valence-corrected chi connectivity index (χ3v) is 3.82. The Morgan fingerprint density at radius 3 is 2.21 bits per heavy atom. The van der Waals surface area contributed by atoms with E-state index >= 15 is 0 Å². The predicted molar refractivity (Wildman–Crippen MR) is 83.8 cm³/mol. The van der Waals surface area contributed by atoms with Crippen LogP contribution in [0.5, 0.6) is 0 Å². The van der Waals surface area contributed by atoms with Crippen LogP contribution in [-0.2, 0) is 6.42 Å². The van der Waals surface area contributed by atoms with E-state index in [2.05, 4.69) is 6.92 Å². The Morgan fingerprint density at radius 2 is 1.58 bits per heavy atom. The Hall–Kier alpha value is -0.530. The van der Waals surface area contributed by atoms with Crippen molar-refractivity contribution in [2.45, 2.75) is 70.8 Å². The lowest BCUT2D eigenvalue weighted by molar-refractivity contribution is 0.0484. The molecule has 1 rings (SSSR count). The van der Waals surface area contributed by atoms with Crippen LogP contribution in [0.15, 0.2) is 24.3 Å². The van der Waals surface area contributed by atoms with E-state index in [1.165, 1.54) is 32.1 Å². The summed E-state index contributed by atoms with van der Waals surface area (Å²) in [4.78, 5) is 0. The van der Waals surface area contributed by atoms with Crippen molar-refractivity contribution in [3.8, 4) is 0 Å². The van der Waals surface area contributed by atoms with E-state index < -0.39 is 5.60 Å². The Balaban J connectivity index is 2.25. The number of aliphatic hydroxyl groups is 1. The van der Waals surface area contributed by atoms with Crippen LogP contribution in [0.2, 0.25) is 5.02 Å². The molecule has 1 unspecified atom stereocenters. The molecule has 0 aromatic heterocycles. The summed E-state index contributed by atoms with van der Waals surface area (Å²) < 4.78 is 0. The van der Waals surface area contributed by atoms with Crippen molar-refractivity contribution < 1.29 is 5.11 Å². The van der Waals surface area contributed by atoms with Crippen LogP contribution in [0.4, 0.5) is 0 Å². The Kier molecular flexibility index (Phi) is 7.48. The van der Waals surface area contributed by atoms with Crippen LogP contribution in [0.3, 0.4) is 0 Å². The zero-order valence-corrected chi connectivity index (χ0v) is 13.0. The smallest absolute Gasteiger partial charge is 0.0660 e. The van der Waals surface area contributed by atoms with Crippen molar-refractivity contribution in [1.82, 2.24) is 0 Å². The molecule has 0 aliphatic carbocycles. The summed E-state index contributed by atoms with van der Waals surface area (Å²) in [5, 5.41) is 11.2. The first-order valence-corrected chi connectivity index (χ1v) is 7.88. The highest BCUT2D eigenvalue weighted by Crippen LogP contribution is 2.21. The summed E-state index contributed by atoms with van der Waals surface area (Å²) in [6, 6.07) is 7.77. The molecule has 0 aliphatic rings. The monoisotopic (exact) mass is 282 g/mol. The second kappa shape index (κ2) is 8.60. The molecule has 1 aromatic carbocycles. The average Bonchev–Trinajstić information content (AvgIpc) is 2.36. The average molecular weight is 283 g/mol. The number of unbranched alkanes of at least 4 members (excludes halogenated alkanes) is 5. The minimum absolute atomic E-state index is 0.599. The van der Waals surface area contributed by atoms with Gasteiger partial charge in [-0.15, -0.1) is 0 Å². The van der Waals surface area contributed by atoms with Gasteiger partial charge in [-0.25, -0.2) is 0 Å². The summed E-state index contributed by atoms with van der Waals surface area (Å²) in [5.74, 6) is 0. The van der Waals surface area contributed by atoms with E-state index in [0.717, 1.165) is 23.4 Å². The number of benzene rings is 1. The molecule has 19 heavy (non-hydrogen) atoms. The van der Waals surface area contributed by atoms with E-state index in [0.29, 0.717) is 6.42 Å². The second-order valence-electron chi connectivity index (χ2n) is 5.82. The van der Waals surface area contributed by atoms with Crippen molar-refractivity contribution in [2.24, 2.45) is 0 Å². The second-order valence-corrected chi connectivity index (χ2v) is 6.25. The van der Waals surface area contributed by atoms with Crippen LogP contribution in [-0.4, -0.2) is 10.7 Å². The first kappa shape index (κ1) is 16.5. The molecule has 0 spiro atoms. The lowest BCUT2D eigenvalue weighted by atomic mass is 9.91. The summed E-state index contributed by atoms with van der Waals surface area (Å²) in [5.41, 5.74) is 0.555. The molecular formula is C17H27ClO. The van der Waals surface area contributed by atoms with Gasteiger partial charge in [0.05, 0.1) is 5.60 Å². The maximum absolute atomic E-state index is 10.4. The van der Waals surface area contributed by atoms with Gasteiger partial charge in [0.2, 0.25) is 0 Å². The SMILES string of the molecule is CCCCCCCCC(C)(O)Cc1ccc(Cl)cc1. The zero-order chi connectivity index (χ0) is 14.1. The quantitative estimate of drug-likeness (QED) is 0.603. The first-order chi connectivity index (χ1) is 9.03. The van der Waals surface area contributed by atoms with Gasteiger partial charge in [-0.3, -0.25) is 0 Å². The lowest BCUT2D eigenvalue weighted by Gasteiger charge is -2.23. The fraction of sp³-hybridized carbons (Fsp3) is 0.647. The van der Waals surface area contributed by atoms with Gasteiger partial charge in [0.25, 0.3) is 0 Å². The molecule has 0 radical (unpaired) electrons. The molecule has 0 aliphatic heterocycles. The van der Waals surface area contributed by atoms with Gasteiger partial charge in [-0.1, -0.05) is 69.2 Å². The van der Waals surface area contributed by atoms with Crippen LogP contribution < -0.4 is 0 Å². The van der Waals surface area contributed by atoms with Gasteiger partial charge in [0.1, 0.15) is 0 Å². The van der Waals surface area contributed by atoms with E-state index in [9.17, 15) is 5.11 Å². The first-order valence-electron chi connectivity index (χ1n) is 7.50. The molecule has 1 N–H and O–H groups in total. The molecule has 1 atom stereocenters. The Bertz CT molecular complexity index is 343. The summed E-state index contributed by atoms with van der Waals surface area (Å²) >= 11 is 5.86. The van der Waals surface area contributed by atoms with Gasteiger partial charge in [0.15, 0.2) is 0 Å². The molecule has 0 bridgehead atoms. The van der Waals surface area contributed by atoms with Crippen molar-refractivity contribution in [1.29, 1.82) is 0 Å². The van der Waals surface area contributed by atoms with Crippen molar-refractivity contribution in [3.05, 3.63) is 34.9 Å². The third kappa shape index (κ3) is 7.59. The van der Waals surface area contributed by atoms with Crippen LogP contribution in [0.1, 0.15) is 64.4 Å². The largest absolute Gasteiger partial charge is 0.390 e. The molecular weight excluding hydrogens is 256 g/mol. The maximum atomic E-state index is 10.4. The number of hydrogen-bond acceptors (Lipinski definition) is 1. The van der Waals surface area contributed by atoms with Crippen LogP contribution in [0.25, 0.3) is 0 Å². The zero-order valence-electron chi connectivity index (χ0n) is 12.3. The van der Waals surface area contributed by atoms with Gasteiger partial charge in [-0.05, 0) is 31.0 Å².